The minimum absolute atomic E-state index is 0.00864. The van der Waals surface area contributed by atoms with Crippen molar-refractivity contribution in [2.45, 2.75) is 26.2 Å². The number of carbonyl (C=O) groups excluding carboxylic acids is 1. The summed E-state index contributed by atoms with van der Waals surface area (Å²) in [6.45, 7) is 2.66. The van der Waals surface area contributed by atoms with Gasteiger partial charge in [0.05, 0.1) is 6.42 Å². The Morgan fingerprint density at radius 2 is 2.17 bits per heavy atom. The highest BCUT2D eigenvalue weighted by Crippen LogP contribution is 2.04. The lowest BCUT2D eigenvalue weighted by Gasteiger charge is -2.19. The van der Waals surface area contributed by atoms with E-state index < -0.39 is 5.97 Å². The first-order valence-electron chi connectivity index (χ1n) is 6.01. The third-order valence-electron chi connectivity index (χ3n) is 2.85. The van der Waals surface area contributed by atoms with Crippen LogP contribution in [0.5, 0.6) is 0 Å². The van der Waals surface area contributed by atoms with Gasteiger partial charge in [-0.1, -0.05) is 0 Å². The molecular formula is C12H19N3O3. The molecule has 1 heterocycles. The Balaban J connectivity index is 2.42. The molecule has 0 unspecified atom stereocenters. The number of rotatable bonds is 7. The molecule has 0 saturated carbocycles. The van der Waals surface area contributed by atoms with Crippen molar-refractivity contribution in [3.05, 3.63) is 18.0 Å². The summed E-state index contributed by atoms with van der Waals surface area (Å²) in [5.41, 5.74) is 0.998. The molecule has 1 rings (SSSR count). The topological polar surface area (TPSA) is 75.4 Å². The summed E-state index contributed by atoms with van der Waals surface area (Å²) in [5, 5.41) is 12.6. The molecule has 0 atom stereocenters. The molecule has 6 nitrogen and oxygen atoms in total. The van der Waals surface area contributed by atoms with Crippen molar-refractivity contribution in [2.75, 3.05) is 13.1 Å². The predicted molar refractivity (Wildman–Crippen MR) is 66.0 cm³/mol. The smallest absolute Gasteiger partial charge is 0.305 e. The number of amides is 1. The highest BCUT2D eigenvalue weighted by atomic mass is 16.4. The monoisotopic (exact) mass is 253 g/mol. The normalized spacial score (nSPS) is 10.3. The van der Waals surface area contributed by atoms with E-state index in [1.165, 1.54) is 0 Å². The summed E-state index contributed by atoms with van der Waals surface area (Å²) >= 11 is 0. The van der Waals surface area contributed by atoms with Crippen LogP contribution in [0.25, 0.3) is 0 Å². The molecule has 0 aliphatic rings. The number of hydrogen-bond acceptors (Lipinski definition) is 3. The fourth-order valence-corrected chi connectivity index (χ4v) is 1.73. The average Bonchev–Trinajstić information content (AvgIpc) is 2.72. The third-order valence-corrected chi connectivity index (χ3v) is 2.85. The molecule has 6 heteroatoms. The second-order valence-electron chi connectivity index (χ2n) is 4.06. The standard InChI is InChI=1S/C12H19N3O3/c1-3-15(9-7-12(17)18)11(16)5-4-10-6-8-13-14(10)2/h6,8H,3-5,7,9H2,1-2H3,(H,17,18). The number of aryl methyl sites for hydroxylation is 2. The summed E-state index contributed by atoms with van der Waals surface area (Å²) in [4.78, 5) is 24.0. The van der Waals surface area contributed by atoms with Crippen LogP contribution in [0.1, 0.15) is 25.5 Å². The SMILES string of the molecule is CCN(CCC(=O)O)C(=O)CCc1ccnn1C. The molecule has 18 heavy (non-hydrogen) atoms. The van der Waals surface area contributed by atoms with Gasteiger partial charge in [-0.05, 0) is 19.4 Å². The largest absolute Gasteiger partial charge is 0.481 e. The van der Waals surface area contributed by atoms with Crippen LogP contribution in [0, 0.1) is 0 Å². The lowest BCUT2D eigenvalue weighted by molar-refractivity contribution is -0.138. The van der Waals surface area contributed by atoms with Crippen LogP contribution in [-0.4, -0.2) is 44.8 Å². The van der Waals surface area contributed by atoms with Crippen molar-refractivity contribution in [3.63, 3.8) is 0 Å². The molecule has 0 aromatic carbocycles. The minimum Gasteiger partial charge on any atom is -0.481 e. The first-order valence-corrected chi connectivity index (χ1v) is 6.01. The van der Waals surface area contributed by atoms with E-state index >= 15 is 0 Å². The Morgan fingerprint density at radius 1 is 1.44 bits per heavy atom. The number of carbonyl (C=O) groups is 2. The van der Waals surface area contributed by atoms with Crippen molar-refractivity contribution in [2.24, 2.45) is 7.05 Å². The molecule has 0 fully saturated rings. The van der Waals surface area contributed by atoms with Gasteiger partial charge in [0.1, 0.15) is 0 Å². The average molecular weight is 253 g/mol. The molecule has 0 saturated heterocycles. The lowest BCUT2D eigenvalue weighted by Crippen LogP contribution is -2.33. The molecular weight excluding hydrogens is 234 g/mol. The number of hydrogen-bond donors (Lipinski definition) is 1. The molecule has 1 aromatic heterocycles. The van der Waals surface area contributed by atoms with Gasteiger partial charge in [-0.3, -0.25) is 14.3 Å². The first kappa shape index (κ1) is 14.2. The van der Waals surface area contributed by atoms with Gasteiger partial charge in [-0.2, -0.15) is 5.10 Å². The van der Waals surface area contributed by atoms with Gasteiger partial charge in [0.15, 0.2) is 0 Å². The van der Waals surface area contributed by atoms with E-state index in [2.05, 4.69) is 5.10 Å². The van der Waals surface area contributed by atoms with Crippen LogP contribution in [0.4, 0.5) is 0 Å². The summed E-state index contributed by atoms with van der Waals surface area (Å²) in [7, 11) is 1.84. The van der Waals surface area contributed by atoms with Crippen LogP contribution in [0.3, 0.4) is 0 Å². The van der Waals surface area contributed by atoms with Gasteiger partial charge < -0.3 is 10.0 Å². The Labute approximate surface area is 106 Å². The fraction of sp³-hybridized carbons (Fsp3) is 0.583. The summed E-state index contributed by atoms with van der Waals surface area (Å²) in [6.07, 6.45) is 2.69. The molecule has 1 aromatic rings. The molecule has 0 radical (unpaired) electrons. The van der Waals surface area contributed by atoms with Gasteiger partial charge in [0.2, 0.25) is 5.91 Å². The van der Waals surface area contributed by atoms with Crippen molar-refractivity contribution in [1.29, 1.82) is 0 Å². The number of aliphatic carboxylic acids is 1. The second-order valence-corrected chi connectivity index (χ2v) is 4.06. The minimum atomic E-state index is -0.882. The van der Waals surface area contributed by atoms with E-state index in [0.29, 0.717) is 19.4 Å². The Morgan fingerprint density at radius 3 is 2.67 bits per heavy atom. The van der Waals surface area contributed by atoms with Crippen molar-refractivity contribution in [1.82, 2.24) is 14.7 Å². The van der Waals surface area contributed by atoms with Gasteiger partial charge in [-0.15, -0.1) is 0 Å². The quantitative estimate of drug-likeness (QED) is 0.775. The summed E-state index contributed by atoms with van der Waals surface area (Å²) in [6, 6.07) is 1.88. The molecule has 1 N–H and O–H groups in total. The highest BCUT2D eigenvalue weighted by Gasteiger charge is 2.13. The van der Waals surface area contributed by atoms with Crippen molar-refractivity contribution in [3.8, 4) is 0 Å². The zero-order chi connectivity index (χ0) is 13.5. The summed E-state index contributed by atoms with van der Waals surface area (Å²) < 4.78 is 1.74. The van der Waals surface area contributed by atoms with Gasteiger partial charge in [-0.25, -0.2) is 0 Å². The van der Waals surface area contributed by atoms with Crippen molar-refractivity contribution < 1.29 is 14.7 Å². The van der Waals surface area contributed by atoms with Crippen molar-refractivity contribution >= 4 is 11.9 Å². The van der Waals surface area contributed by atoms with Crippen LogP contribution >= 0.6 is 0 Å². The van der Waals surface area contributed by atoms with E-state index in [9.17, 15) is 9.59 Å². The summed E-state index contributed by atoms with van der Waals surface area (Å²) in [5.74, 6) is -0.896. The number of nitrogens with zero attached hydrogens (tertiary/aromatic N) is 3. The van der Waals surface area contributed by atoms with Crippen LogP contribution in [0.15, 0.2) is 12.3 Å². The van der Waals surface area contributed by atoms with Crippen LogP contribution in [-0.2, 0) is 23.1 Å². The second kappa shape index (κ2) is 6.78. The molecule has 0 spiro atoms. The third kappa shape index (κ3) is 4.20. The molecule has 0 aliphatic carbocycles. The zero-order valence-corrected chi connectivity index (χ0v) is 10.8. The maximum absolute atomic E-state index is 11.9. The van der Waals surface area contributed by atoms with Gasteiger partial charge in [0, 0.05) is 38.4 Å². The maximum Gasteiger partial charge on any atom is 0.305 e. The first-order chi connectivity index (χ1) is 8.54. The Bertz CT molecular complexity index is 414. The van der Waals surface area contributed by atoms with Crippen LogP contribution < -0.4 is 0 Å². The molecule has 0 aliphatic heterocycles. The Hall–Kier alpha value is -1.85. The zero-order valence-electron chi connectivity index (χ0n) is 10.8. The fourth-order valence-electron chi connectivity index (χ4n) is 1.73. The number of aromatic nitrogens is 2. The van der Waals surface area contributed by atoms with Crippen LogP contribution in [0.2, 0.25) is 0 Å². The van der Waals surface area contributed by atoms with E-state index in [1.54, 1.807) is 15.8 Å². The molecule has 1 amide bonds. The van der Waals surface area contributed by atoms with Gasteiger partial charge >= 0.3 is 5.97 Å². The number of carboxylic acid groups (broad SMARTS) is 1. The van der Waals surface area contributed by atoms with E-state index in [1.807, 2.05) is 20.0 Å². The predicted octanol–water partition coefficient (Wildman–Crippen LogP) is 0.676. The van der Waals surface area contributed by atoms with E-state index in [4.69, 9.17) is 5.11 Å². The number of carboxylic acids is 1. The Kier molecular flexibility index (Phi) is 5.35. The molecule has 100 valence electrons. The van der Waals surface area contributed by atoms with Gasteiger partial charge in [0.25, 0.3) is 0 Å². The van der Waals surface area contributed by atoms with E-state index in [-0.39, 0.29) is 18.9 Å². The van der Waals surface area contributed by atoms with E-state index in [0.717, 1.165) is 5.69 Å². The highest BCUT2D eigenvalue weighted by molar-refractivity contribution is 5.77. The lowest BCUT2D eigenvalue weighted by atomic mass is 10.2. The maximum atomic E-state index is 11.9. The molecule has 0 bridgehead atoms.